The van der Waals surface area contributed by atoms with E-state index in [1.807, 2.05) is 12.1 Å². The van der Waals surface area contributed by atoms with Gasteiger partial charge in [0.15, 0.2) is 0 Å². The zero-order valence-electron chi connectivity index (χ0n) is 8.11. The molecule has 0 saturated heterocycles. The molecule has 0 atom stereocenters. The van der Waals surface area contributed by atoms with Gasteiger partial charge in [-0.05, 0) is 53.8 Å². The van der Waals surface area contributed by atoms with Crippen LogP contribution in [0.4, 0.5) is 5.69 Å². The molecule has 0 aromatic heterocycles. The monoisotopic (exact) mass is 340 g/mol. The van der Waals surface area contributed by atoms with Gasteiger partial charge in [0, 0.05) is 9.26 Å². The van der Waals surface area contributed by atoms with Crippen molar-refractivity contribution in [2.75, 3.05) is 17.0 Å². The molecule has 6 heteroatoms. The first-order valence-electron chi connectivity index (χ1n) is 4.49. The first-order valence-corrected chi connectivity index (χ1v) is 7.23. The van der Waals surface area contributed by atoms with Crippen LogP contribution in [0.2, 0.25) is 0 Å². The number of hydrogen-bond acceptors (Lipinski definition) is 3. The molecule has 0 radical (unpaired) electrons. The summed E-state index contributed by atoms with van der Waals surface area (Å²) in [6.07, 6.45) is 0.471. The molecule has 0 bridgehead atoms. The lowest BCUT2D eigenvalue weighted by Gasteiger charge is -2.07. The molecular weight excluding hydrogens is 327 g/mol. The quantitative estimate of drug-likeness (QED) is 0.796. The van der Waals surface area contributed by atoms with Crippen LogP contribution in [0, 0.1) is 3.57 Å². The summed E-state index contributed by atoms with van der Waals surface area (Å²) in [5, 5.41) is 0. The van der Waals surface area contributed by atoms with Crippen molar-refractivity contribution in [1.82, 2.24) is 0 Å². The molecule has 0 aliphatic carbocycles. The zero-order chi connectivity index (χ0) is 11.3. The van der Waals surface area contributed by atoms with Gasteiger partial charge in [-0.15, -0.1) is 0 Å². The van der Waals surface area contributed by atoms with E-state index in [1.54, 1.807) is 12.1 Å². The van der Waals surface area contributed by atoms with Crippen LogP contribution in [-0.2, 0) is 10.0 Å². The van der Waals surface area contributed by atoms with Gasteiger partial charge in [-0.25, -0.2) is 8.42 Å². The third-order valence-electron chi connectivity index (χ3n) is 1.72. The third-order valence-corrected chi connectivity index (χ3v) is 3.76. The Morgan fingerprint density at radius 1 is 1.40 bits per heavy atom. The summed E-state index contributed by atoms with van der Waals surface area (Å²) in [4.78, 5) is 0. The van der Waals surface area contributed by atoms with Gasteiger partial charge in [0.25, 0.3) is 0 Å². The molecule has 1 aromatic carbocycles. The summed E-state index contributed by atoms with van der Waals surface area (Å²) < 4.78 is 26.5. The molecule has 0 amide bonds. The predicted molar refractivity (Wildman–Crippen MR) is 70.2 cm³/mol. The van der Waals surface area contributed by atoms with E-state index in [2.05, 4.69) is 27.3 Å². The highest BCUT2D eigenvalue weighted by Gasteiger charge is 2.09. The fourth-order valence-corrected chi connectivity index (χ4v) is 2.73. The molecule has 84 valence electrons. The highest BCUT2D eigenvalue weighted by atomic mass is 127. The molecule has 0 aliphatic heterocycles. The summed E-state index contributed by atoms with van der Waals surface area (Å²) in [6.45, 7) is 0.382. The van der Waals surface area contributed by atoms with Crippen molar-refractivity contribution in [3.63, 3.8) is 0 Å². The van der Waals surface area contributed by atoms with Gasteiger partial charge in [0.2, 0.25) is 10.0 Å². The number of anilines is 1. The van der Waals surface area contributed by atoms with Crippen LogP contribution in [0.1, 0.15) is 6.42 Å². The van der Waals surface area contributed by atoms with Crippen LogP contribution in [0.3, 0.4) is 0 Å². The first-order chi connectivity index (χ1) is 7.03. The summed E-state index contributed by atoms with van der Waals surface area (Å²) in [6, 6.07) is 7.21. The fourth-order valence-electron chi connectivity index (χ4n) is 1.06. The molecule has 15 heavy (non-hydrogen) atoms. The smallest absolute Gasteiger partial charge is 0.232 e. The van der Waals surface area contributed by atoms with Crippen LogP contribution in [-0.4, -0.2) is 20.7 Å². The fraction of sp³-hybridized carbons (Fsp3) is 0.333. The number of hydrogen-bond donors (Lipinski definition) is 2. The second-order valence-electron chi connectivity index (χ2n) is 3.07. The molecule has 0 heterocycles. The molecule has 0 saturated carbocycles. The second-order valence-corrected chi connectivity index (χ2v) is 6.16. The molecule has 0 aliphatic rings. The number of nitrogens with two attached hydrogens (primary N) is 1. The molecule has 1 rings (SSSR count). The normalized spacial score (nSPS) is 11.3. The van der Waals surface area contributed by atoms with E-state index in [1.165, 1.54) is 0 Å². The molecular formula is C9H13IN2O2S. The minimum atomic E-state index is -3.25. The summed E-state index contributed by atoms with van der Waals surface area (Å²) in [5.74, 6) is 0.0645. The van der Waals surface area contributed by atoms with Crippen molar-refractivity contribution >= 4 is 38.3 Å². The van der Waals surface area contributed by atoms with Crippen LogP contribution in [0.15, 0.2) is 24.3 Å². The maximum atomic E-state index is 11.5. The van der Waals surface area contributed by atoms with E-state index in [9.17, 15) is 8.42 Å². The number of rotatable bonds is 5. The zero-order valence-corrected chi connectivity index (χ0v) is 11.1. The summed E-state index contributed by atoms with van der Waals surface area (Å²) in [7, 11) is -3.25. The van der Waals surface area contributed by atoms with Crippen molar-refractivity contribution in [3.8, 4) is 0 Å². The Balaban J connectivity index is 2.69. The minimum Gasteiger partial charge on any atom is -0.330 e. The second kappa shape index (κ2) is 5.66. The van der Waals surface area contributed by atoms with Crippen molar-refractivity contribution in [1.29, 1.82) is 0 Å². The number of nitrogens with one attached hydrogen (secondary N) is 1. The Morgan fingerprint density at radius 3 is 2.73 bits per heavy atom. The van der Waals surface area contributed by atoms with E-state index < -0.39 is 10.0 Å². The van der Waals surface area contributed by atoms with Gasteiger partial charge in [-0.1, -0.05) is 6.07 Å². The van der Waals surface area contributed by atoms with Gasteiger partial charge in [-0.3, -0.25) is 4.72 Å². The molecule has 0 spiro atoms. The lowest BCUT2D eigenvalue weighted by atomic mass is 10.3. The van der Waals surface area contributed by atoms with Crippen molar-refractivity contribution in [2.45, 2.75) is 6.42 Å². The van der Waals surface area contributed by atoms with E-state index in [0.717, 1.165) is 3.57 Å². The SMILES string of the molecule is NCCCS(=O)(=O)Nc1cccc(I)c1. The lowest BCUT2D eigenvalue weighted by Crippen LogP contribution is -2.18. The largest absolute Gasteiger partial charge is 0.330 e. The van der Waals surface area contributed by atoms with E-state index >= 15 is 0 Å². The highest BCUT2D eigenvalue weighted by Crippen LogP contribution is 2.13. The van der Waals surface area contributed by atoms with Gasteiger partial charge in [0.1, 0.15) is 0 Å². The standard InChI is InChI=1S/C9H13IN2O2S/c10-8-3-1-4-9(7-8)12-15(13,14)6-2-5-11/h1,3-4,7,12H,2,5-6,11H2. The van der Waals surface area contributed by atoms with Crippen molar-refractivity contribution in [2.24, 2.45) is 5.73 Å². The Kier molecular flexibility index (Phi) is 4.81. The predicted octanol–water partition coefficient (Wildman–Crippen LogP) is 1.38. The number of halogens is 1. The highest BCUT2D eigenvalue weighted by molar-refractivity contribution is 14.1. The van der Waals surface area contributed by atoms with Crippen LogP contribution in [0.25, 0.3) is 0 Å². The van der Waals surface area contributed by atoms with Crippen LogP contribution < -0.4 is 10.5 Å². The molecule has 3 N–H and O–H groups in total. The average molecular weight is 340 g/mol. The molecule has 0 unspecified atom stereocenters. The van der Waals surface area contributed by atoms with E-state index in [-0.39, 0.29) is 5.75 Å². The number of benzene rings is 1. The third kappa shape index (κ3) is 4.80. The number of sulfonamides is 1. The summed E-state index contributed by atoms with van der Waals surface area (Å²) >= 11 is 2.13. The maximum Gasteiger partial charge on any atom is 0.232 e. The van der Waals surface area contributed by atoms with Gasteiger partial charge >= 0.3 is 0 Å². The minimum absolute atomic E-state index is 0.0645. The Hall–Kier alpha value is -0.340. The van der Waals surface area contributed by atoms with Crippen LogP contribution >= 0.6 is 22.6 Å². The van der Waals surface area contributed by atoms with Gasteiger partial charge in [0.05, 0.1) is 5.75 Å². The molecule has 0 fully saturated rings. The Bertz CT molecular complexity index is 420. The summed E-state index contributed by atoms with van der Waals surface area (Å²) in [5.41, 5.74) is 5.86. The molecule has 4 nitrogen and oxygen atoms in total. The molecule has 1 aromatic rings. The first kappa shape index (κ1) is 12.7. The van der Waals surface area contributed by atoms with E-state index in [0.29, 0.717) is 18.7 Å². The van der Waals surface area contributed by atoms with Gasteiger partial charge < -0.3 is 5.73 Å². The lowest BCUT2D eigenvalue weighted by molar-refractivity contribution is 0.599. The van der Waals surface area contributed by atoms with E-state index in [4.69, 9.17) is 5.73 Å². The average Bonchev–Trinajstić information content (AvgIpc) is 2.14. The Morgan fingerprint density at radius 2 is 2.13 bits per heavy atom. The maximum absolute atomic E-state index is 11.5. The Labute approximate surface area is 103 Å². The van der Waals surface area contributed by atoms with Crippen molar-refractivity contribution < 1.29 is 8.42 Å². The van der Waals surface area contributed by atoms with Crippen LogP contribution in [0.5, 0.6) is 0 Å². The van der Waals surface area contributed by atoms with Gasteiger partial charge in [-0.2, -0.15) is 0 Å². The topological polar surface area (TPSA) is 72.2 Å². The van der Waals surface area contributed by atoms with Crippen molar-refractivity contribution in [3.05, 3.63) is 27.8 Å².